The van der Waals surface area contributed by atoms with E-state index in [4.69, 9.17) is 15.2 Å². The summed E-state index contributed by atoms with van der Waals surface area (Å²) in [6.07, 6.45) is 0.158. The third-order valence-corrected chi connectivity index (χ3v) is 4.25. The molecule has 1 aliphatic rings. The van der Waals surface area contributed by atoms with E-state index in [1.54, 1.807) is 11.8 Å². The van der Waals surface area contributed by atoms with Crippen molar-refractivity contribution < 1.29 is 32.2 Å². The van der Waals surface area contributed by atoms with Gasteiger partial charge in [0.1, 0.15) is 12.4 Å². The first-order valence-corrected chi connectivity index (χ1v) is 8.74. The molecule has 6 nitrogen and oxygen atoms in total. The molecule has 0 aromatic heterocycles. The predicted molar refractivity (Wildman–Crippen MR) is 90.2 cm³/mol. The van der Waals surface area contributed by atoms with Crippen molar-refractivity contribution in [2.45, 2.75) is 38.3 Å². The van der Waals surface area contributed by atoms with Crippen LogP contribution in [0.15, 0.2) is 12.1 Å². The summed E-state index contributed by atoms with van der Waals surface area (Å²) in [5.74, 6) is -4.03. The van der Waals surface area contributed by atoms with E-state index in [1.807, 2.05) is 0 Å². The van der Waals surface area contributed by atoms with Crippen LogP contribution in [0.25, 0.3) is 0 Å². The number of halogens is 3. The molecule has 0 radical (unpaired) electrons. The molecule has 9 heteroatoms. The number of likely N-dealkylation sites (tertiary alicyclic amines) is 1. The van der Waals surface area contributed by atoms with E-state index in [-0.39, 0.29) is 43.6 Å². The lowest BCUT2D eigenvalue weighted by atomic mass is 10.0. The summed E-state index contributed by atoms with van der Waals surface area (Å²) in [7, 11) is 0. The Morgan fingerprint density at radius 1 is 1.26 bits per heavy atom. The SMILES string of the molecule is CCOC(=O)CO[C@H]1CCN(C(=O)C[C@H](N)Cc2cc(F)c(F)cc2F)C1. The van der Waals surface area contributed by atoms with Gasteiger partial charge in [0.05, 0.1) is 12.7 Å². The topological polar surface area (TPSA) is 81.9 Å². The summed E-state index contributed by atoms with van der Waals surface area (Å²) in [5, 5.41) is 0. The third kappa shape index (κ3) is 6.21. The van der Waals surface area contributed by atoms with Gasteiger partial charge in [-0.05, 0) is 31.4 Å². The summed E-state index contributed by atoms with van der Waals surface area (Å²) in [5.41, 5.74) is 5.80. The Morgan fingerprint density at radius 3 is 2.67 bits per heavy atom. The molecule has 1 aromatic carbocycles. The molecule has 0 bridgehead atoms. The minimum absolute atomic E-state index is 0.0664. The molecule has 1 fully saturated rings. The van der Waals surface area contributed by atoms with E-state index in [0.717, 1.165) is 6.07 Å². The lowest BCUT2D eigenvalue weighted by molar-refractivity contribution is -0.150. The van der Waals surface area contributed by atoms with Crippen LogP contribution in [0.2, 0.25) is 0 Å². The molecule has 2 N–H and O–H groups in total. The van der Waals surface area contributed by atoms with E-state index >= 15 is 0 Å². The van der Waals surface area contributed by atoms with Crippen molar-refractivity contribution in [3.8, 4) is 0 Å². The smallest absolute Gasteiger partial charge is 0.332 e. The van der Waals surface area contributed by atoms with Crippen LogP contribution in [0.3, 0.4) is 0 Å². The molecule has 2 rings (SSSR count). The van der Waals surface area contributed by atoms with Crippen molar-refractivity contribution in [3.63, 3.8) is 0 Å². The monoisotopic (exact) mass is 388 g/mol. The Bertz CT molecular complexity index is 687. The molecule has 0 spiro atoms. The zero-order valence-electron chi connectivity index (χ0n) is 15.1. The van der Waals surface area contributed by atoms with Gasteiger partial charge in [0.15, 0.2) is 11.6 Å². The number of rotatable bonds is 8. The number of nitrogens with zero attached hydrogens (tertiary/aromatic N) is 1. The number of ether oxygens (including phenoxy) is 2. The molecular weight excluding hydrogens is 365 g/mol. The van der Waals surface area contributed by atoms with Crippen molar-refractivity contribution >= 4 is 11.9 Å². The normalized spacial score (nSPS) is 17.8. The van der Waals surface area contributed by atoms with Gasteiger partial charge >= 0.3 is 5.97 Å². The minimum Gasteiger partial charge on any atom is -0.464 e. The molecule has 2 atom stereocenters. The van der Waals surface area contributed by atoms with Gasteiger partial charge in [0, 0.05) is 31.6 Å². The fourth-order valence-corrected chi connectivity index (χ4v) is 2.91. The third-order valence-electron chi connectivity index (χ3n) is 4.25. The van der Waals surface area contributed by atoms with Crippen LogP contribution in [-0.2, 0) is 25.5 Å². The lowest BCUT2D eigenvalue weighted by Crippen LogP contribution is -2.36. The largest absolute Gasteiger partial charge is 0.464 e. The van der Waals surface area contributed by atoms with Gasteiger partial charge < -0.3 is 20.1 Å². The highest BCUT2D eigenvalue weighted by molar-refractivity contribution is 5.77. The molecule has 1 heterocycles. The molecule has 0 saturated carbocycles. The maximum atomic E-state index is 13.7. The summed E-state index contributed by atoms with van der Waals surface area (Å²) in [6.45, 7) is 2.58. The molecule has 0 unspecified atom stereocenters. The van der Waals surface area contributed by atoms with Crippen molar-refractivity contribution in [2.24, 2.45) is 5.73 Å². The molecule has 27 heavy (non-hydrogen) atoms. The minimum atomic E-state index is -1.27. The zero-order valence-corrected chi connectivity index (χ0v) is 15.1. The van der Waals surface area contributed by atoms with E-state index in [1.165, 1.54) is 0 Å². The Labute approximate surface area is 155 Å². The van der Waals surface area contributed by atoms with Crippen LogP contribution in [0, 0.1) is 17.5 Å². The van der Waals surface area contributed by atoms with Crippen LogP contribution in [-0.4, -0.2) is 55.2 Å². The van der Waals surface area contributed by atoms with E-state index in [0.29, 0.717) is 25.6 Å². The van der Waals surface area contributed by atoms with Gasteiger partial charge in [-0.1, -0.05) is 0 Å². The van der Waals surface area contributed by atoms with Crippen molar-refractivity contribution in [1.82, 2.24) is 4.90 Å². The predicted octanol–water partition coefficient (Wildman–Crippen LogP) is 1.54. The second-order valence-corrected chi connectivity index (χ2v) is 6.39. The summed E-state index contributed by atoms with van der Waals surface area (Å²) < 4.78 is 50.0. The number of hydrogen-bond acceptors (Lipinski definition) is 5. The first kappa shape index (κ1) is 21.2. The van der Waals surface area contributed by atoms with Crippen LogP contribution in [0.4, 0.5) is 13.2 Å². The number of hydrogen-bond donors (Lipinski definition) is 1. The number of carbonyl (C=O) groups is 2. The number of benzene rings is 1. The van der Waals surface area contributed by atoms with Gasteiger partial charge in [-0.2, -0.15) is 0 Å². The highest BCUT2D eigenvalue weighted by atomic mass is 19.2. The Kier molecular flexibility index (Phi) is 7.61. The van der Waals surface area contributed by atoms with E-state index in [9.17, 15) is 22.8 Å². The molecule has 150 valence electrons. The highest BCUT2D eigenvalue weighted by Gasteiger charge is 2.28. The Hall–Kier alpha value is -2.13. The molecule has 1 saturated heterocycles. The molecule has 0 aliphatic carbocycles. The van der Waals surface area contributed by atoms with Gasteiger partial charge in [-0.3, -0.25) is 4.79 Å². The van der Waals surface area contributed by atoms with Gasteiger partial charge in [-0.15, -0.1) is 0 Å². The zero-order chi connectivity index (χ0) is 20.0. The first-order valence-electron chi connectivity index (χ1n) is 8.74. The fourth-order valence-electron chi connectivity index (χ4n) is 2.91. The summed E-state index contributed by atoms with van der Waals surface area (Å²) in [4.78, 5) is 25.1. The second-order valence-electron chi connectivity index (χ2n) is 6.39. The van der Waals surface area contributed by atoms with Crippen LogP contribution in [0.5, 0.6) is 0 Å². The van der Waals surface area contributed by atoms with Gasteiger partial charge in [-0.25, -0.2) is 18.0 Å². The fraction of sp³-hybridized carbons (Fsp3) is 0.556. The van der Waals surface area contributed by atoms with Crippen LogP contribution >= 0.6 is 0 Å². The van der Waals surface area contributed by atoms with Crippen molar-refractivity contribution in [1.29, 1.82) is 0 Å². The quantitative estimate of drug-likeness (QED) is 0.540. The maximum absolute atomic E-state index is 13.7. The second kappa shape index (κ2) is 9.70. The maximum Gasteiger partial charge on any atom is 0.332 e. The summed E-state index contributed by atoms with van der Waals surface area (Å²) >= 11 is 0. The van der Waals surface area contributed by atoms with Crippen molar-refractivity contribution in [2.75, 3.05) is 26.3 Å². The molecule has 1 amide bonds. The summed E-state index contributed by atoms with van der Waals surface area (Å²) in [6, 6.07) is 0.478. The number of carbonyl (C=O) groups excluding carboxylic acids is 2. The average molecular weight is 388 g/mol. The molecule has 1 aromatic rings. The van der Waals surface area contributed by atoms with Crippen LogP contribution < -0.4 is 5.73 Å². The number of nitrogens with two attached hydrogens (primary N) is 1. The van der Waals surface area contributed by atoms with Gasteiger partial charge in [0.25, 0.3) is 0 Å². The van der Waals surface area contributed by atoms with E-state index < -0.39 is 29.5 Å². The van der Waals surface area contributed by atoms with Gasteiger partial charge in [0.2, 0.25) is 5.91 Å². The van der Waals surface area contributed by atoms with E-state index in [2.05, 4.69) is 0 Å². The van der Waals surface area contributed by atoms with Crippen molar-refractivity contribution in [3.05, 3.63) is 35.1 Å². The molecular formula is C18H23F3N2O4. The Morgan fingerprint density at radius 2 is 1.96 bits per heavy atom. The number of esters is 1. The average Bonchev–Trinajstić information content (AvgIpc) is 3.07. The number of amides is 1. The highest BCUT2D eigenvalue weighted by Crippen LogP contribution is 2.18. The molecule has 1 aliphatic heterocycles. The first-order chi connectivity index (χ1) is 12.8. The van der Waals surface area contributed by atoms with Crippen LogP contribution in [0.1, 0.15) is 25.3 Å². The standard InChI is InChI=1S/C18H23F3N2O4/c1-2-26-18(25)10-27-13-3-4-23(9-13)17(24)7-12(22)5-11-6-15(20)16(21)8-14(11)19/h6,8,12-13H,2-5,7,9-10,22H2,1H3/t12-,13+/m1/s1. The Balaban J connectivity index is 1.80. The lowest BCUT2D eigenvalue weighted by Gasteiger charge is -2.19.